The molecule has 0 spiro atoms. The van der Waals surface area contributed by atoms with Gasteiger partial charge in [-0.3, -0.25) is 19.8 Å². The van der Waals surface area contributed by atoms with Gasteiger partial charge >= 0.3 is 0 Å². The Labute approximate surface area is 152 Å². The number of nitro benzene ring substituents is 1. The molecular formula is C20H21N3O3. The Morgan fingerprint density at radius 3 is 2.58 bits per heavy atom. The van der Waals surface area contributed by atoms with E-state index < -0.39 is 4.92 Å². The molecule has 0 radical (unpaired) electrons. The van der Waals surface area contributed by atoms with Gasteiger partial charge in [0.2, 0.25) is 0 Å². The molecule has 0 saturated carbocycles. The van der Waals surface area contributed by atoms with Crippen LogP contribution in [-0.4, -0.2) is 46.3 Å². The van der Waals surface area contributed by atoms with Crippen LogP contribution < -0.4 is 0 Å². The third kappa shape index (κ3) is 3.08. The van der Waals surface area contributed by atoms with Gasteiger partial charge in [-0.2, -0.15) is 0 Å². The SMILES string of the molecule is O=C(c1ccccc1[N+](=O)[O-])N1CC[C@H](N2CCc3ccccc3C2)C1. The fraction of sp³-hybridized carbons (Fsp3) is 0.350. The third-order valence-corrected chi connectivity index (χ3v) is 5.46. The van der Waals surface area contributed by atoms with E-state index in [1.165, 1.54) is 17.2 Å². The zero-order chi connectivity index (χ0) is 18.1. The number of hydrogen-bond donors (Lipinski definition) is 0. The predicted octanol–water partition coefficient (Wildman–Crippen LogP) is 2.87. The van der Waals surface area contributed by atoms with Gasteiger partial charge in [0.05, 0.1) is 4.92 Å². The lowest BCUT2D eigenvalue weighted by Crippen LogP contribution is -2.41. The molecule has 6 heteroatoms. The summed E-state index contributed by atoms with van der Waals surface area (Å²) in [5.74, 6) is -0.239. The summed E-state index contributed by atoms with van der Waals surface area (Å²) in [5.41, 5.74) is 2.84. The van der Waals surface area contributed by atoms with Crippen molar-refractivity contribution >= 4 is 11.6 Å². The summed E-state index contributed by atoms with van der Waals surface area (Å²) in [6.45, 7) is 3.18. The zero-order valence-corrected chi connectivity index (χ0v) is 14.5. The van der Waals surface area contributed by atoms with Crippen molar-refractivity contribution in [1.29, 1.82) is 0 Å². The highest BCUT2D eigenvalue weighted by molar-refractivity contribution is 5.98. The average Bonchev–Trinajstić information content (AvgIpc) is 3.17. The van der Waals surface area contributed by atoms with E-state index in [9.17, 15) is 14.9 Å². The Morgan fingerprint density at radius 1 is 1.04 bits per heavy atom. The maximum absolute atomic E-state index is 12.8. The lowest BCUT2D eigenvalue weighted by molar-refractivity contribution is -0.385. The Morgan fingerprint density at radius 2 is 1.77 bits per heavy atom. The van der Waals surface area contributed by atoms with Crippen LogP contribution in [0.1, 0.15) is 27.9 Å². The van der Waals surface area contributed by atoms with Crippen molar-refractivity contribution in [2.24, 2.45) is 0 Å². The fourth-order valence-corrected chi connectivity index (χ4v) is 4.04. The molecule has 1 saturated heterocycles. The van der Waals surface area contributed by atoms with Gasteiger partial charge in [-0.15, -0.1) is 0 Å². The summed E-state index contributed by atoms with van der Waals surface area (Å²) in [7, 11) is 0. The van der Waals surface area contributed by atoms with E-state index in [1.807, 2.05) is 0 Å². The number of benzene rings is 2. The summed E-state index contributed by atoms with van der Waals surface area (Å²) in [6, 6.07) is 15.0. The summed E-state index contributed by atoms with van der Waals surface area (Å²) in [4.78, 5) is 27.7. The van der Waals surface area contributed by atoms with Gasteiger partial charge in [0.1, 0.15) is 5.56 Å². The molecule has 2 aliphatic heterocycles. The van der Waals surface area contributed by atoms with Crippen molar-refractivity contribution in [3.05, 3.63) is 75.3 Å². The molecule has 2 aliphatic rings. The van der Waals surface area contributed by atoms with E-state index in [1.54, 1.807) is 23.1 Å². The maximum Gasteiger partial charge on any atom is 0.282 e. The van der Waals surface area contributed by atoms with E-state index in [0.717, 1.165) is 25.9 Å². The highest BCUT2D eigenvalue weighted by Crippen LogP contribution is 2.27. The summed E-state index contributed by atoms with van der Waals surface area (Å²) in [6.07, 6.45) is 1.94. The largest absolute Gasteiger partial charge is 0.337 e. The first-order valence-corrected chi connectivity index (χ1v) is 8.97. The van der Waals surface area contributed by atoms with E-state index >= 15 is 0 Å². The Balaban J connectivity index is 1.46. The van der Waals surface area contributed by atoms with Crippen molar-refractivity contribution in [2.45, 2.75) is 25.4 Å². The van der Waals surface area contributed by atoms with Crippen LogP contribution in [0.15, 0.2) is 48.5 Å². The summed E-state index contributed by atoms with van der Waals surface area (Å²) in [5, 5.41) is 11.2. The molecule has 1 fully saturated rings. The second kappa shape index (κ2) is 6.88. The molecule has 134 valence electrons. The molecule has 26 heavy (non-hydrogen) atoms. The second-order valence-electron chi connectivity index (χ2n) is 6.96. The molecule has 0 aromatic heterocycles. The molecule has 6 nitrogen and oxygen atoms in total. The van der Waals surface area contributed by atoms with Crippen molar-refractivity contribution in [1.82, 2.24) is 9.80 Å². The van der Waals surface area contributed by atoms with Gasteiger partial charge in [0.25, 0.3) is 11.6 Å². The number of carbonyl (C=O) groups is 1. The first-order chi connectivity index (χ1) is 12.6. The van der Waals surface area contributed by atoms with E-state index in [-0.39, 0.29) is 17.2 Å². The Hall–Kier alpha value is -2.73. The number of carbonyl (C=O) groups excluding carboxylic acids is 1. The van der Waals surface area contributed by atoms with Gasteiger partial charge in [-0.05, 0) is 30.0 Å². The van der Waals surface area contributed by atoms with Gasteiger partial charge < -0.3 is 4.90 Å². The van der Waals surface area contributed by atoms with Crippen LogP contribution in [-0.2, 0) is 13.0 Å². The second-order valence-corrected chi connectivity index (χ2v) is 6.96. The van der Waals surface area contributed by atoms with Crippen molar-refractivity contribution < 1.29 is 9.72 Å². The topological polar surface area (TPSA) is 66.7 Å². The van der Waals surface area contributed by atoms with Crippen LogP contribution in [0, 0.1) is 10.1 Å². The monoisotopic (exact) mass is 351 g/mol. The first-order valence-electron chi connectivity index (χ1n) is 8.97. The minimum absolute atomic E-state index is 0.118. The highest BCUT2D eigenvalue weighted by atomic mass is 16.6. The van der Waals surface area contributed by atoms with Crippen LogP contribution in [0.3, 0.4) is 0 Å². The molecule has 0 aliphatic carbocycles. The molecule has 2 aromatic rings. The zero-order valence-electron chi connectivity index (χ0n) is 14.5. The van der Waals surface area contributed by atoms with Gasteiger partial charge in [-0.25, -0.2) is 0 Å². The normalized spacial score (nSPS) is 20.0. The minimum atomic E-state index is -0.484. The number of likely N-dealkylation sites (tertiary alicyclic amines) is 1. The number of nitro groups is 1. The van der Waals surface area contributed by atoms with Crippen LogP contribution in [0.25, 0.3) is 0 Å². The number of rotatable bonds is 3. The third-order valence-electron chi connectivity index (χ3n) is 5.46. The van der Waals surface area contributed by atoms with Crippen LogP contribution in [0.4, 0.5) is 5.69 Å². The number of fused-ring (bicyclic) bond motifs is 1. The lowest BCUT2D eigenvalue weighted by Gasteiger charge is -2.33. The molecule has 0 N–H and O–H groups in total. The number of amides is 1. The standard InChI is InChI=1S/C20H21N3O3/c24-20(18-7-3-4-8-19(18)23(25)26)22-12-10-17(14-22)21-11-9-15-5-1-2-6-16(15)13-21/h1-8,17H,9-14H2/t17-/m0/s1. The van der Waals surface area contributed by atoms with Crippen LogP contribution in [0.5, 0.6) is 0 Å². The van der Waals surface area contributed by atoms with Gasteiger partial charge in [0.15, 0.2) is 0 Å². The first kappa shape index (κ1) is 16.7. The number of para-hydroxylation sites is 1. The molecule has 0 bridgehead atoms. The lowest BCUT2D eigenvalue weighted by atomic mass is 9.98. The summed E-state index contributed by atoms with van der Waals surface area (Å²) < 4.78 is 0. The molecule has 2 aromatic carbocycles. The molecule has 4 rings (SSSR count). The summed E-state index contributed by atoms with van der Waals surface area (Å²) >= 11 is 0. The van der Waals surface area contributed by atoms with Gasteiger partial charge in [-0.1, -0.05) is 36.4 Å². The van der Waals surface area contributed by atoms with E-state index in [4.69, 9.17) is 0 Å². The highest BCUT2D eigenvalue weighted by Gasteiger charge is 2.34. The van der Waals surface area contributed by atoms with Crippen molar-refractivity contribution in [3.63, 3.8) is 0 Å². The van der Waals surface area contributed by atoms with Crippen LogP contribution >= 0.6 is 0 Å². The predicted molar refractivity (Wildman–Crippen MR) is 98.0 cm³/mol. The average molecular weight is 351 g/mol. The van der Waals surface area contributed by atoms with Crippen molar-refractivity contribution in [3.8, 4) is 0 Å². The quantitative estimate of drug-likeness (QED) is 0.630. The Bertz CT molecular complexity index is 852. The molecule has 2 heterocycles. The molecule has 1 amide bonds. The maximum atomic E-state index is 12.8. The van der Waals surface area contributed by atoms with Crippen molar-refractivity contribution in [2.75, 3.05) is 19.6 Å². The number of hydrogen-bond acceptors (Lipinski definition) is 4. The Kier molecular flexibility index (Phi) is 4.42. The smallest absolute Gasteiger partial charge is 0.282 e. The number of nitrogens with zero attached hydrogens (tertiary/aromatic N) is 3. The minimum Gasteiger partial charge on any atom is -0.337 e. The van der Waals surface area contributed by atoms with E-state index in [2.05, 4.69) is 29.2 Å². The molecular weight excluding hydrogens is 330 g/mol. The van der Waals surface area contributed by atoms with E-state index in [0.29, 0.717) is 19.1 Å². The molecule has 0 unspecified atom stereocenters. The van der Waals surface area contributed by atoms with Crippen LogP contribution in [0.2, 0.25) is 0 Å². The molecule has 1 atom stereocenters. The fourth-order valence-electron chi connectivity index (χ4n) is 4.04. The van der Waals surface area contributed by atoms with Gasteiger partial charge in [0, 0.05) is 38.3 Å².